The predicted octanol–water partition coefficient (Wildman–Crippen LogP) is 3.40. The molecule has 17 heavy (non-hydrogen) atoms. The molecule has 0 fully saturated rings. The molecule has 0 radical (unpaired) electrons. The smallest absolute Gasteiger partial charge is 0.105 e. The van der Waals surface area contributed by atoms with Gasteiger partial charge in [-0.25, -0.2) is 0 Å². The fourth-order valence-electron chi connectivity index (χ4n) is 2.15. The molecule has 0 spiro atoms. The van der Waals surface area contributed by atoms with Crippen LogP contribution in [0.5, 0.6) is 0 Å². The van der Waals surface area contributed by atoms with Gasteiger partial charge in [0.1, 0.15) is 5.76 Å². The van der Waals surface area contributed by atoms with Gasteiger partial charge in [0.25, 0.3) is 0 Å². The molecule has 0 aliphatic carbocycles. The number of likely N-dealkylation sites (N-methyl/N-ethyl adjacent to an activating group) is 1. The molecule has 1 N–H and O–H groups in total. The Hall–Kier alpha value is -1.54. The zero-order valence-corrected chi connectivity index (χ0v) is 10.7. The first-order chi connectivity index (χ1) is 8.22. The fraction of sp³-hybridized carbons (Fsp3) is 0.333. The zero-order valence-electron chi connectivity index (χ0n) is 10.7. The Morgan fingerprint density at radius 2 is 2.00 bits per heavy atom. The molecule has 2 heteroatoms. The first-order valence-corrected chi connectivity index (χ1v) is 5.98. The number of furan rings is 1. The van der Waals surface area contributed by atoms with Gasteiger partial charge >= 0.3 is 0 Å². The third kappa shape index (κ3) is 2.59. The minimum absolute atomic E-state index is 0.307. The Labute approximate surface area is 103 Å². The Kier molecular flexibility index (Phi) is 3.64. The van der Waals surface area contributed by atoms with E-state index in [1.807, 2.05) is 19.2 Å². The number of rotatable bonds is 4. The second-order valence-corrected chi connectivity index (χ2v) is 4.41. The number of aryl methyl sites for hydroxylation is 1. The lowest BCUT2D eigenvalue weighted by molar-refractivity contribution is 0.465. The van der Waals surface area contributed by atoms with Gasteiger partial charge in [0.15, 0.2) is 0 Å². The maximum absolute atomic E-state index is 5.42. The monoisotopic (exact) mass is 229 g/mol. The zero-order chi connectivity index (χ0) is 12.3. The molecule has 0 saturated carbocycles. The highest BCUT2D eigenvalue weighted by atomic mass is 16.3. The van der Waals surface area contributed by atoms with Crippen LogP contribution in [-0.4, -0.2) is 7.05 Å². The summed E-state index contributed by atoms with van der Waals surface area (Å²) in [7, 11) is 2.00. The number of nitrogens with one attached hydrogen (secondary N) is 1. The average Bonchev–Trinajstić information content (AvgIpc) is 2.83. The summed E-state index contributed by atoms with van der Waals surface area (Å²) in [5, 5.41) is 3.36. The Morgan fingerprint density at radius 1 is 1.18 bits per heavy atom. The standard InChI is InChI=1S/C15H19NO/c1-11-6-4-8-14(12(11)2)15(16-3)10-13-7-5-9-17-13/h4-9,15-16H,10H2,1-3H3. The quantitative estimate of drug-likeness (QED) is 0.869. The van der Waals surface area contributed by atoms with Crippen LogP contribution in [0.15, 0.2) is 41.0 Å². The highest BCUT2D eigenvalue weighted by molar-refractivity contribution is 5.35. The van der Waals surface area contributed by atoms with Crippen molar-refractivity contribution in [3.05, 3.63) is 59.0 Å². The summed E-state index contributed by atoms with van der Waals surface area (Å²) in [6.07, 6.45) is 2.61. The Balaban J connectivity index is 2.26. The normalized spacial score (nSPS) is 12.6. The van der Waals surface area contributed by atoms with Crippen molar-refractivity contribution in [1.29, 1.82) is 0 Å². The molecule has 0 amide bonds. The van der Waals surface area contributed by atoms with Gasteiger partial charge in [-0.3, -0.25) is 0 Å². The molecule has 1 unspecified atom stereocenters. The minimum atomic E-state index is 0.307. The summed E-state index contributed by atoms with van der Waals surface area (Å²) in [5.41, 5.74) is 4.05. The van der Waals surface area contributed by atoms with Crippen LogP contribution in [0.3, 0.4) is 0 Å². The maximum Gasteiger partial charge on any atom is 0.105 e. The van der Waals surface area contributed by atoms with Gasteiger partial charge in [-0.05, 0) is 49.7 Å². The molecule has 2 rings (SSSR count). The van der Waals surface area contributed by atoms with E-state index in [0.29, 0.717) is 6.04 Å². The lowest BCUT2D eigenvalue weighted by Gasteiger charge is -2.19. The van der Waals surface area contributed by atoms with Crippen LogP contribution in [-0.2, 0) is 6.42 Å². The highest BCUT2D eigenvalue weighted by Gasteiger charge is 2.14. The van der Waals surface area contributed by atoms with E-state index < -0.39 is 0 Å². The van der Waals surface area contributed by atoms with Gasteiger partial charge in [0.2, 0.25) is 0 Å². The molecule has 2 nitrogen and oxygen atoms in total. The van der Waals surface area contributed by atoms with E-state index in [-0.39, 0.29) is 0 Å². The molecule has 0 saturated heterocycles. The third-order valence-corrected chi connectivity index (χ3v) is 3.36. The van der Waals surface area contributed by atoms with Crippen molar-refractivity contribution < 1.29 is 4.42 Å². The van der Waals surface area contributed by atoms with E-state index >= 15 is 0 Å². The minimum Gasteiger partial charge on any atom is -0.469 e. The molecule has 1 aromatic carbocycles. The first-order valence-electron chi connectivity index (χ1n) is 5.98. The molecular weight excluding hydrogens is 210 g/mol. The number of benzene rings is 1. The van der Waals surface area contributed by atoms with Gasteiger partial charge in [-0.2, -0.15) is 0 Å². The van der Waals surface area contributed by atoms with Gasteiger partial charge < -0.3 is 9.73 Å². The van der Waals surface area contributed by atoms with Crippen molar-refractivity contribution in [2.45, 2.75) is 26.3 Å². The van der Waals surface area contributed by atoms with E-state index in [9.17, 15) is 0 Å². The van der Waals surface area contributed by atoms with Crippen LogP contribution in [0.4, 0.5) is 0 Å². The van der Waals surface area contributed by atoms with Crippen LogP contribution in [0.25, 0.3) is 0 Å². The van der Waals surface area contributed by atoms with Crippen LogP contribution in [0, 0.1) is 13.8 Å². The second kappa shape index (κ2) is 5.19. The second-order valence-electron chi connectivity index (χ2n) is 4.41. The van der Waals surface area contributed by atoms with Gasteiger partial charge in [0.05, 0.1) is 6.26 Å². The van der Waals surface area contributed by atoms with Crippen molar-refractivity contribution >= 4 is 0 Å². The Morgan fingerprint density at radius 3 is 2.65 bits per heavy atom. The van der Waals surface area contributed by atoms with Crippen LogP contribution in [0.1, 0.15) is 28.5 Å². The van der Waals surface area contributed by atoms with Gasteiger partial charge in [-0.1, -0.05) is 18.2 Å². The SMILES string of the molecule is CNC(Cc1ccco1)c1cccc(C)c1C. The van der Waals surface area contributed by atoms with Crippen LogP contribution in [0.2, 0.25) is 0 Å². The molecule has 2 aromatic rings. The molecule has 0 aliphatic rings. The van der Waals surface area contributed by atoms with E-state index in [1.165, 1.54) is 16.7 Å². The molecule has 1 atom stereocenters. The van der Waals surface area contributed by atoms with E-state index in [2.05, 4.69) is 37.4 Å². The topological polar surface area (TPSA) is 25.2 Å². The summed E-state index contributed by atoms with van der Waals surface area (Å²) in [6.45, 7) is 4.33. The molecule has 1 heterocycles. The third-order valence-electron chi connectivity index (χ3n) is 3.36. The fourth-order valence-corrected chi connectivity index (χ4v) is 2.15. The summed E-state index contributed by atoms with van der Waals surface area (Å²) in [6, 6.07) is 10.7. The molecule has 0 aliphatic heterocycles. The Bertz CT molecular complexity index is 474. The van der Waals surface area contributed by atoms with Crippen molar-refractivity contribution in [2.75, 3.05) is 7.05 Å². The van der Waals surface area contributed by atoms with E-state index in [4.69, 9.17) is 4.42 Å². The largest absolute Gasteiger partial charge is 0.469 e. The number of hydrogen-bond donors (Lipinski definition) is 1. The lowest BCUT2D eigenvalue weighted by Crippen LogP contribution is -2.19. The summed E-state index contributed by atoms with van der Waals surface area (Å²) >= 11 is 0. The molecule has 1 aromatic heterocycles. The van der Waals surface area contributed by atoms with Crippen molar-refractivity contribution in [2.24, 2.45) is 0 Å². The summed E-state index contributed by atoms with van der Waals surface area (Å²) in [4.78, 5) is 0. The summed E-state index contributed by atoms with van der Waals surface area (Å²) in [5.74, 6) is 1.02. The van der Waals surface area contributed by atoms with E-state index in [0.717, 1.165) is 12.2 Å². The van der Waals surface area contributed by atoms with E-state index in [1.54, 1.807) is 6.26 Å². The average molecular weight is 229 g/mol. The predicted molar refractivity (Wildman–Crippen MR) is 70.1 cm³/mol. The lowest BCUT2D eigenvalue weighted by atomic mass is 9.95. The van der Waals surface area contributed by atoms with Crippen molar-refractivity contribution in [3.63, 3.8) is 0 Å². The van der Waals surface area contributed by atoms with Crippen molar-refractivity contribution in [3.8, 4) is 0 Å². The number of hydrogen-bond acceptors (Lipinski definition) is 2. The van der Waals surface area contributed by atoms with Gasteiger partial charge in [-0.15, -0.1) is 0 Å². The summed E-state index contributed by atoms with van der Waals surface area (Å²) < 4.78 is 5.42. The van der Waals surface area contributed by atoms with Crippen LogP contribution >= 0.6 is 0 Å². The van der Waals surface area contributed by atoms with Crippen LogP contribution < -0.4 is 5.32 Å². The van der Waals surface area contributed by atoms with Crippen molar-refractivity contribution in [1.82, 2.24) is 5.32 Å². The molecule has 0 bridgehead atoms. The highest BCUT2D eigenvalue weighted by Crippen LogP contribution is 2.23. The molecule has 90 valence electrons. The van der Waals surface area contributed by atoms with Gasteiger partial charge in [0, 0.05) is 12.5 Å². The molecular formula is C15H19NO. The maximum atomic E-state index is 5.42. The first kappa shape index (κ1) is 11.9.